The molecule has 0 fully saturated rings. The Kier molecular flexibility index (Phi) is 10.4. The first kappa shape index (κ1) is 20.0. The summed E-state index contributed by atoms with van der Waals surface area (Å²) in [7, 11) is 0. The molecule has 8 heteroatoms. The average Bonchev–Trinajstić information content (AvgIpc) is 2.61. The van der Waals surface area contributed by atoms with Crippen molar-refractivity contribution in [2.75, 3.05) is 52.4 Å². The van der Waals surface area contributed by atoms with Crippen LogP contribution in [0, 0.1) is 0 Å². The van der Waals surface area contributed by atoms with Crippen LogP contribution in [0.1, 0.15) is 20.7 Å². The minimum absolute atomic E-state index is 0.267. The normalized spacial score (nSPS) is 10.4. The van der Waals surface area contributed by atoms with Crippen molar-refractivity contribution >= 4 is 11.8 Å². The lowest BCUT2D eigenvalue weighted by atomic mass is 10.1. The van der Waals surface area contributed by atoms with Crippen molar-refractivity contribution in [3.05, 3.63) is 35.4 Å². The highest BCUT2D eigenvalue weighted by Gasteiger charge is 2.15. The zero-order valence-electron chi connectivity index (χ0n) is 13.9. The van der Waals surface area contributed by atoms with Crippen LogP contribution in [0.3, 0.4) is 0 Å². The van der Waals surface area contributed by atoms with E-state index in [4.69, 9.17) is 11.5 Å². The van der Waals surface area contributed by atoms with Crippen molar-refractivity contribution in [1.82, 2.24) is 21.3 Å². The Labute approximate surface area is 142 Å². The monoisotopic (exact) mass is 336 g/mol. The number of amides is 2. The average molecular weight is 336 g/mol. The fraction of sp³-hybridized carbons (Fsp3) is 0.500. The van der Waals surface area contributed by atoms with E-state index >= 15 is 0 Å². The molecule has 8 N–H and O–H groups in total. The van der Waals surface area contributed by atoms with E-state index in [9.17, 15) is 9.59 Å². The molecular formula is C16H28N6O2. The Bertz CT molecular complexity index is 464. The van der Waals surface area contributed by atoms with Crippen molar-refractivity contribution in [2.24, 2.45) is 11.5 Å². The van der Waals surface area contributed by atoms with Crippen molar-refractivity contribution < 1.29 is 9.59 Å². The summed E-state index contributed by atoms with van der Waals surface area (Å²) in [6.07, 6.45) is 0. The number of nitrogens with one attached hydrogen (secondary N) is 4. The lowest BCUT2D eigenvalue weighted by Gasteiger charge is -2.11. The molecule has 1 aromatic carbocycles. The lowest BCUT2D eigenvalue weighted by Crippen LogP contribution is -2.36. The quantitative estimate of drug-likeness (QED) is 0.251. The molecule has 2 amide bonds. The summed E-state index contributed by atoms with van der Waals surface area (Å²) >= 11 is 0. The number of hydrogen-bond acceptors (Lipinski definition) is 6. The molecule has 8 nitrogen and oxygen atoms in total. The Balaban J connectivity index is 2.50. The summed E-state index contributed by atoms with van der Waals surface area (Å²) in [6.45, 7) is 4.71. The molecule has 0 heterocycles. The fourth-order valence-corrected chi connectivity index (χ4v) is 2.05. The molecule has 0 aliphatic heterocycles. The molecule has 0 saturated carbocycles. The van der Waals surface area contributed by atoms with Gasteiger partial charge in [-0.2, -0.15) is 0 Å². The molecule has 0 aliphatic carbocycles. The van der Waals surface area contributed by atoms with Crippen molar-refractivity contribution in [3.8, 4) is 0 Å². The van der Waals surface area contributed by atoms with Crippen molar-refractivity contribution in [3.63, 3.8) is 0 Å². The zero-order chi connectivity index (χ0) is 17.6. The molecule has 0 unspecified atom stereocenters. The Morgan fingerprint density at radius 1 is 0.708 bits per heavy atom. The number of carbonyl (C=O) groups excluding carboxylic acids is 2. The van der Waals surface area contributed by atoms with E-state index in [1.165, 1.54) is 0 Å². The zero-order valence-corrected chi connectivity index (χ0v) is 13.9. The Hall–Kier alpha value is -2.00. The molecule has 0 saturated heterocycles. The van der Waals surface area contributed by atoms with Crippen LogP contribution in [0.25, 0.3) is 0 Å². The SMILES string of the molecule is NCCNCCNC(=O)c1ccccc1C(=O)NCCNCCN. The van der Waals surface area contributed by atoms with E-state index in [0.717, 1.165) is 0 Å². The van der Waals surface area contributed by atoms with Crippen LogP contribution in [0.15, 0.2) is 24.3 Å². The summed E-state index contributed by atoms with van der Waals surface area (Å²) in [4.78, 5) is 24.5. The molecular weight excluding hydrogens is 308 g/mol. The minimum Gasteiger partial charge on any atom is -0.351 e. The molecule has 134 valence electrons. The third kappa shape index (κ3) is 7.51. The Morgan fingerprint density at radius 2 is 1.12 bits per heavy atom. The third-order valence-electron chi connectivity index (χ3n) is 3.23. The van der Waals surface area contributed by atoms with Crippen molar-refractivity contribution in [2.45, 2.75) is 0 Å². The molecule has 24 heavy (non-hydrogen) atoms. The number of benzene rings is 1. The fourth-order valence-electron chi connectivity index (χ4n) is 2.05. The maximum absolute atomic E-state index is 12.2. The molecule has 0 radical (unpaired) electrons. The maximum atomic E-state index is 12.2. The second-order valence-electron chi connectivity index (χ2n) is 5.13. The van der Waals surface area contributed by atoms with Gasteiger partial charge in [0, 0.05) is 52.4 Å². The van der Waals surface area contributed by atoms with E-state index in [2.05, 4.69) is 21.3 Å². The second-order valence-corrected chi connectivity index (χ2v) is 5.13. The lowest BCUT2D eigenvalue weighted by molar-refractivity contribution is 0.0919. The first-order valence-corrected chi connectivity index (χ1v) is 8.17. The summed E-state index contributed by atoms with van der Waals surface area (Å²) in [5, 5.41) is 11.8. The van der Waals surface area contributed by atoms with E-state index in [1.54, 1.807) is 24.3 Å². The molecule has 0 spiro atoms. The molecule has 0 aromatic heterocycles. The number of rotatable bonds is 12. The van der Waals surface area contributed by atoms with Gasteiger partial charge < -0.3 is 32.7 Å². The number of nitrogens with two attached hydrogens (primary N) is 2. The van der Waals surface area contributed by atoms with Crippen LogP contribution in [0.5, 0.6) is 0 Å². The molecule has 0 bridgehead atoms. The van der Waals surface area contributed by atoms with Crippen LogP contribution in [0.2, 0.25) is 0 Å². The first-order valence-electron chi connectivity index (χ1n) is 8.17. The van der Waals surface area contributed by atoms with Gasteiger partial charge in [-0.25, -0.2) is 0 Å². The van der Waals surface area contributed by atoms with Crippen molar-refractivity contribution in [1.29, 1.82) is 0 Å². The molecule has 1 aromatic rings. The van der Waals surface area contributed by atoms with Gasteiger partial charge in [-0.1, -0.05) is 12.1 Å². The molecule has 1 rings (SSSR count). The van der Waals surface area contributed by atoms with Gasteiger partial charge >= 0.3 is 0 Å². The highest BCUT2D eigenvalue weighted by molar-refractivity contribution is 6.07. The first-order chi connectivity index (χ1) is 11.7. The highest BCUT2D eigenvalue weighted by atomic mass is 16.2. The number of carbonyl (C=O) groups is 2. The standard InChI is InChI=1S/C16H28N6O2/c17-5-7-19-9-11-21-15(23)13-3-1-2-4-14(13)16(24)22-12-10-20-8-6-18/h1-4,19-20H,5-12,17-18H2,(H,21,23)(H,22,24). The summed E-state index contributed by atoms with van der Waals surface area (Å²) < 4.78 is 0. The highest BCUT2D eigenvalue weighted by Crippen LogP contribution is 2.08. The summed E-state index contributed by atoms with van der Waals surface area (Å²) in [6, 6.07) is 6.76. The van der Waals surface area contributed by atoms with E-state index in [-0.39, 0.29) is 11.8 Å². The molecule has 0 aliphatic rings. The predicted octanol–water partition coefficient (Wildman–Crippen LogP) is -1.76. The van der Waals surface area contributed by atoms with E-state index < -0.39 is 0 Å². The van der Waals surface area contributed by atoms with Crippen LogP contribution >= 0.6 is 0 Å². The maximum Gasteiger partial charge on any atom is 0.252 e. The topological polar surface area (TPSA) is 134 Å². The van der Waals surface area contributed by atoms with Gasteiger partial charge in [0.15, 0.2) is 0 Å². The van der Waals surface area contributed by atoms with Crippen LogP contribution in [-0.4, -0.2) is 64.2 Å². The van der Waals surface area contributed by atoms with Gasteiger partial charge in [-0.15, -0.1) is 0 Å². The largest absolute Gasteiger partial charge is 0.351 e. The van der Waals surface area contributed by atoms with Gasteiger partial charge in [-0.3, -0.25) is 9.59 Å². The van der Waals surface area contributed by atoms with Gasteiger partial charge in [0.05, 0.1) is 11.1 Å². The van der Waals surface area contributed by atoms with Crippen LogP contribution < -0.4 is 32.7 Å². The smallest absolute Gasteiger partial charge is 0.252 e. The molecule has 0 atom stereocenters. The van der Waals surface area contributed by atoms with Gasteiger partial charge in [-0.05, 0) is 12.1 Å². The van der Waals surface area contributed by atoms with E-state index in [0.29, 0.717) is 63.5 Å². The third-order valence-corrected chi connectivity index (χ3v) is 3.23. The van der Waals surface area contributed by atoms with Gasteiger partial charge in [0.2, 0.25) is 0 Å². The van der Waals surface area contributed by atoms with Gasteiger partial charge in [0.25, 0.3) is 11.8 Å². The van der Waals surface area contributed by atoms with Crippen LogP contribution in [-0.2, 0) is 0 Å². The summed E-state index contributed by atoms with van der Waals surface area (Å²) in [5.74, 6) is -0.534. The second kappa shape index (κ2) is 12.4. The van der Waals surface area contributed by atoms with Crippen LogP contribution in [0.4, 0.5) is 0 Å². The minimum atomic E-state index is -0.267. The Morgan fingerprint density at radius 3 is 1.50 bits per heavy atom. The number of hydrogen-bond donors (Lipinski definition) is 6. The van der Waals surface area contributed by atoms with Gasteiger partial charge in [0.1, 0.15) is 0 Å². The van der Waals surface area contributed by atoms with E-state index in [1.807, 2.05) is 0 Å². The summed E-state index contributed by atoms with van der Waals surface area (Å²) in [5.41, 5.74) is 11.5. The predicted molar refractivity (Wildman–Crippen MR) is 95.0 cm³/mol.